The lowest BCUT2D eigenvalue weighted by Gasteiger charge is -2.34. The fourth-order valence-electron chi connectivity index (χ4n) is 3.48. The average molecular weight is 394 g/mol. The number of nitrogens with zero attached hydrogens (tertiary/aromatic N) is 2. The first-order valence-corrected chi connectivity index (χ1v) is 11.2. The normalized spacial score (nSPS) is 21.9. The highest BCUT2D eigenvalue weighted by atomic mass is 32.2. The summed E-state index contributed by atoms with van der Waals surface area (Å²) in [6.45, 7) is 6.84. The molecule has 1 N–H and O–H groups in total. The van der Waals surface area contributed by atoms with Crippen LogP contribution < -0.4 is 14.2 Å². The number of rotatable bonds is 7. The van der Waals surface area contributed by atoms with E-state index >= 15 is 0 Å². The molecule has 2 aliphatic heterocycles. The molecule has 8 heteroatoms. The van der Waals surface area contributed by atoms with E-state index in [1.165, 1.54) is 0 Å². The smallest absolute Gasteiger partial charge is 0.235 e. The minimum Gasteiger partial charge on any atom is -0.491 e. The van der Waals surface area contributed by atoms with Gasteiger partial charge in [0.15, 0.2) is 5.75 Å². The molecule has 0 amide bonds. The van der Waals surface area contributed by atoms with Crippen molar-refractivity contribution in [2.75, 3.05) is 31.0 Å². The number of benzene rings is 1. The largest absolute Gasteiger partial charge is 0.491 e. The predicted molar refractivity (Wildman–Crippen MR) is 105 cm³/mol. The number of hydrogen-bond donors (Lipinski definition) is 1. The molecule has 0 radical (unpaired) electrons. The number of sulfonamides is 1. The zero-order valence-corrected chi connectivity index (χ0v) is 16.7. The zero-order chi connectivity index (χ0) is 19.0. The van der Waals surface area contributed by atoms with Crippen molar-refractivity contribution in [3.63, 3.8) is 0 Å². The standard InChI is InChI=1S/C19H27N3O4S/c1-13(2)11-26-17-6-5-15-16(22-9-8-20-12-22)7-10-25-19(15)18(17)21-27(23,24)14-3-4-14/h5-6,12-14,16,21H,3-4,7-11H2,1-2H3. The van der Waals surface area contributed by atoms with Gasteiger partial charge in [-0.25, -0.2) is 8.42 Å². The van der Waals surface area contributed by atoms with Gasteiger partial charge in [-0.05, 0) is 30.9 Å². The summed E-state index contributed by atoms with van der Waals surface area (Å²) in [4.78, 5) is 6.52. The van der Waals surface area contributed by atoms with E-state index in [2.05, 4.69) is 28.5 Å². The highest BCUT2D eigenvalue weighted by Gasteiger charge is 2.38. The fourth-order valence-corrected chi connectivity index (χ4v) is 4.88. The summed E-state index contributed by atoms with van der Waals surface area (Å²) in [7, 11) is -3.42. The highest BCUT2D eigenvalue weighted by molar-refractivity contribution is 7.93. The molecule has 1 aliphatic carbocycles. The topological polar surface area (TPSA) is 80.2 Å². The SMILES string of the molecule is CC(C)COc1ccc2c(c1NS(=O)(=O)C1CC1)OCCC2N1C=NCC1. The van der Waals surface area contributed by atoms with Crippen molar-refractivity contribution in [3.05, 3.63) is 17.7 Å². The summed E-state index contributed by atoms with van der Waals surface area (Å²) in [5, 5.41) is -0.309. The Morgan fingerprint density at radius 3 is 2.81 bits per heavy atom. The third kappa shape index (κ3) is 3.85. The molecule has 0 bridgehead atoms. The highest BCUT2D eigenvalue weighted by Crippen LogP contribution is 2.46. The van der Waals surface area contributed by atoms with E-state index < -0.39 is 10.0 Å². The second-order valence-corrected chi connectivity index (χ2v) is 9.78. The minimum atomic E-state index is -3.42. The lowest BCUT2D eigenvalue weighted by atomic mass is 9.98. The molecule has 4 rings (SSSR count). The van der Waals surface area contributed by atoms with Crippen molar-refractivity contribution in [1.29, 1.82) is 0 Å². The summed E-state index contributed by atoms with van der Waals surface area (Å²) in [5.41, 5.74) is 1.43. The van der Waals surface area contributed by atoms with Crippen LogP contribution in [0.3, 0.4) is 0 Å². The Labute approximate surface area is 160 Å². The third-order valence-electron chi connectivity index (χ3n) is 5.04. The second kappa shape index (κ2) is 7.22. The lowest BCUT2D eigenvalue weighted by molar-refractivity contribution is 0.209. The Bertz CT molecular complexity index is 834. The van der Waals surface area contributed by atoms with Crippen LogP contribution in [0.2, 0.25) is 0 Å². The molecular weight excluding hydrogens is 366 g/mol. The van der Waals surface area contributed by atoms with Crippen molar-refractivity contribution < 1.29 is 17.9 Å². The molecule has 27 heavy (non-hydrogen) atoms. The van der Waals surface area contributed by atoms with E-state index in [0.717, 1.165) is 25.1 Å². The van der Waals surface area contributed by atoms with Gasteiger partial charge in [0, 0.05) is 18.5 Å². The molecule has 7 nitrogen and oxygen atoms in total. The van der Waals surface area contributed by atoms with Gasteiger partial charge in [-0.1, -0.05) is 13.8 Å². The fraction of sp³-hybridized carbons (Fsp3) is 0.632. The van der Waals surface area contributed by atoms with Crippen LogP contribution in [0.25, 0.3) is 0 Å². The Morgan fingerprint density at radius 1 is 1.33 bits per heavy atom. The molecule has 1 fully saturated rings. The van der Waals surface area contributed by atoms with Gasteiger partial charge in [0.25, 0.3) is 0 Å². The average Bonchev–Trinajstić information content (AvgIpc) is 3.37. The molecule has 0 spiro atoms. The third-order valence-corrected chi connectivity index (χ3v) is 6.88. The minimum absolute atomic E-state index is 0.142. The quantitative estimate of drug-likeness (QED) is 0.770. The Kier molecular flexibility index (Phi) is 4.92. The molecule has 1 unspecified atom stereocenters. The van der Waals surface area contributed by atoms with E-state index in [-0.39, 0.29) is 11.3 Å². The van der Waals surface area contributed by atoms with Gasteiger partial charge in [0.1, 0.15) is 11.4 Å². The monoisotopic (exact) mass is 393 g/mol. The van der Waals surface area contributed by atoms with Crippen LogP contribution in [-0.2, 0) is 10.0 Å². The van der Waals surface area contributed by atoms with Crippen LogP contribution in [-0.4, -0.2) is 51.2 Å². The first-order chi connectivity index (χ1) is 13.0. The van der Waals surface area contributed by atoms with Crippen LogP contribution in [0.15, 0.2) is 17.1 Å². The first kappa shape index (κ1) is 18.4. The van der Waals surface area contributed by atoms with Gasteiger partial charge >= 0.3 is 0 Å². The van der Waals surface area contributed by atoms with Gasteiger partial charge in [-0.3, -0.25) is 9.71 Å². The van der Waals surface area contributed by atoms with Crippen molar-refractivity contribution >= 4 is 22.0 Å². The zero-order valence-electron chi connectivity index (χ0n) is 15.8. The molecule has 1 aromatic carbocycles. The van der Waals surface area contributed by atoms with Crippen LogP contribution in [0.5, 0.6) is 11.5 Å². The predicted octanol–water partition coefficient (Wildman–Crippen LogP) is 2.79. The summed E-state index contributed by atoms with van der Waals surface area (Å²) < 4.78 is 39.9. The van der Waals surface area contributed by atoms with Crippen molar-refractivity contribution in [2.45, 2.75) is 44.4 Å². The Balaban J connectivity index is 1.72. The number of nitrogens with one attached hydrogen (secondary N) is 1. The number of aliphatic imine (C=N–C) groups is 1. The molecule has 148 valence electrons. The molecule has 1 saturated carbocycles. The van der Waals surface area contributed by atoms with Crippen molar-refractivity contribution in [3.8, 4) is 11.5 Å². The van der Waals surface area contributed by atoms with Crippen LogP contribution in [0.1, 0.15) is 44.7 Å². The van der Waals surface area contributed by atoms with E-state index in [1.807, 2.05) is 18.5 Å². The molecule has 1 aromatic rings. The molecule has 0 saturated heterocycles. The number of hydrogen-bond acceptors (Lipinski definition) is 6. The van der Waals surface area contributed by atoms with E-state index in [1.54, 1.807) is 0 Å². The second-order valence-electron chi connectivity index (χ2n) is 7.82. The molecular formula is C19H27N3O4S. The lowest BCUT2D eigenvalue weighted by Crippen LogP contribution is -2.31. The van der Waals surface area contributed by atoms with Crippen LogP contribution >= 0.6 is 0 Å². The van der Waals surface area contributed by atoms with Gasteiger partial charge in [0.2, 0.25) is 10.0 Å². The summed E-state index contributed by atoms with van der Waals surface area (Å²) in [6, 6.07) is 4.00. The van der Waals surface area contributed by atoms with Crippen LogP contribution in [0, 0.1) is 5.92 Å². The summed E-state index contributed by atoms with van der Waals surface area (Å²) in [5.74, 6) is 1.46. The van der Waals surface area contributed by atoms with Gasteiger partial charge in [0.05, 0.1) is 37.4 Å². The van der Waals surface area contributed by atoms with Gasteiger partial charge < -0.3 is 14.4 Å². The van der Waals surface area contributed by atoms with Crippen molar-refractivity contribution in [2.24, 2.45) is 10.9 Å². The van der Waals surface area contributed by atoms with Crippen LogP contribution in [0.4, 0.5) is 5.69 Å². The number of anilines is 1. The van der Waals surface area contributed by atoms with Gasteiger partial charge in [-0.15, -0.1) is 0 Å². The summed E-state index contributed by atoms with van der Waals surface area (Å²) >= 11 is 0. The Morgan fingerprint density at radius 2 is 2.15 bits per heavy atom. The van der Waals surface area contributed by atoms with E-state index in [4.69, 9.17) is 9.47 Å². The molecule has 1 atom stereocenters. The van der Waals surface area contributed by atoms with Crippen molar-refractivity contribution in [1.82, 2.24) is 4.90 Å². The maximum absolute atomic E-state index is 12.6. The number of ether oxygens (including phenoxy) is 2. The summed E-state index contributed by atoms with van der Waals surface area (Å²) in [6.07, 6.45) is 4.15. The Hall–Kier alpha value is -1.96. The molecule has 3 aliphatic rings. The maximum atomic E-state index is 12.6. The molecule has 2 heterocycles. The number of fused-ring (bicyclic) bond motifs is 1. The van der Waals surface area contributed by atoms with E-state index in [0.29, 0.717) is 49.2 Å². The maximum Gasteiger partial charge on any atom is 0.235 e. The first-order valence-electron chi connectivity index (χ1n) is 9.65. The molecule has 0 aromatic heterocycles. The van der Waals surface area contributed by atoms with E-state index in [9.17, 15) is 8.42 Å². The van der Waals surface area contributed by atoms with Gasteiger partial charge in [-0.2, -0.15) is 0 Å².